The molecule has 0 spiro atoms. The van der Waals surface area contributed by atoms with E-state index in [4.69, 9.17) is 9.47 Å². The lowest BCUT2D eigenvalue weighted by Crippen LogP contribution is -2.29. The van der Waals surface area contributed by atoms with Crippen LogP contribution in [-0.2, 0) is 11.2 Å². The van der Waals surface area contributed by atoms with Crippen molar-refractivity contribution in [3.8, 4) is 5.75 Å². The summed E-state index contributed by atoms with van der Waals surface area (Å²) in [4.78, 5) is 0. The predicted octanol–water partition coefficient (Wildman–Crippen LogP) is 2.78. The topological polar surface area (TPSA) is 30.5 Å². The molecule has 3 nitrogen and oxygen atoms in total. The van der Waals surface area contributed by atoms with Gasteiger partial charge in [0.2, 0.25) is 0 Å². The van der Waals surface area contributed by atoms with Crippen molar-refractivity contribution in [3.05, 3.63) is 29.6 Å². The molecule has 1 aromatic carbocycles. The van der Waals surface area contributed by atoms with Gasteiger partial charge in [0, 0.05) is 13.2 Å². The highest BCUT2D eigenvalue weighted by atomic mass is 19.1. The highest BCUT2D eigenvalue weighted by Gasteiger charge is 2.14. The summed E-state index contributed by atoms with van der Waals surface area (Å²) in [5, 5.41) is 3.23. The first-order valence-electron chi connectivity index (χ1n) is 6.63. The Balaban J connectivity index is 2.65. The molecule has 108 valence electrons. The monoisotopic (exact) mass is 269 g/mol. The van der Waals surface area contributed by atoms with E-state index in [0.29, 0.717) is 17.7 Å². The molecule has 2 unspecified atom stereocenters. The summed E-state index contributed by atoms with van der Waals surface area (Å²) in [5.74, 6) is 0.0441. The van der Waals surface area contributed by atoms with Crippen molar-refractivity contribution in [2.24, 2.45) is 0 Å². The van der Waals surface area contributed by atoms with E-state index in [2.05, 4.69) is 5.32 Å². The third kappa shape index (κ3) is 4.80. The summed E-state index contributed by atoms with van der Waals surface area (Å²) < 4.78 is 24.3. The van der Waals surface area contributed by atoms with Crippen LogP contribution in [0.2, 0.25) is 0 Å². The van der Waals surface area contributed by atoms with Crippen LogP contribution < -0.4 is 10.1 Å². The van der Waals surface area contributed by atoms with Crippen molar-refractivity contribution in [2.45, 2.75) is 38.3 Å². The highest BCUT2D eigenvalue weighted by Crippen LogP contribution is 2.22. The second kappa shape index (κ2) is 8.12. The molecule has 19 heavy (non-hydrogen) atoms. The van der Waals surface area contributed by atoms with Gasteiger partial charge in [0.1, 0.15) is 0 Å². The fourth-order valence-corrected chi connectivity index (χ4v) is 2.04. The molecule has 1 rings (SSSR count). The fraction of sp³-hybridized carbons (Fsp3) is 0.600. The molecule has 0 saturated carbocycles. The van der Waals surface area contributed by atoms with Gasteiger partial charge in [-0.05, 0) is 44.9 Å². The Bertz CT molecular complexity index is 384. The summed E-state index contributed by atoms with van der Waals surface area (Å²) >= 11 is 0. The van der Waals surface area contributed by atoms with Crippen LogP contribution >= 0.6 is 0 Å². The molecule has 2 atom stereocenters. The second-order valence-corrected chi connectivity index (χ2v) is 4.75. The van der Waals surface area contributed by atoms with Gasteiger partial charge in [-0.1, -0.05) is 12.1 Å². The van der Waals surface area contributed by atoms with Gasteiger partial charge in [-0.2, -0.15) is 0 Å². The predicted molar refractivity (Wildman–Crippen MR) is 75.2 cm³/mol. The van der Waals surface area contributed by atoms with Gasteiger partial charge < -0.3 is 14.8 Å². The Kier molecular flexibility index (Phi) is 6.81. The molecule has 0 aliphatic heterocycles. The third-order valence-corrected chi connectivity index (χ3v) is 3.46. The smallest absolute Gasteiger partial charge is 0.168 e. The van der Waals surface area contributed by atoms with E-state index in [0.717, 1.165) is 12.8 Å². The maximum Gasteiger partial charge on any atom is 0.168 e. The van der Waals surface area contributed by atoms with Gasteiger partial charge in [-0.3, -0.25) is 0 Å². The number of benzene rings is 1. The van der Waals surface area contributed by atoms with Crippen LogP contribution in [0.4, 0.5) is 4.39 Å². The molecule has 4 heteroatoms. The summed E-state index contributed by atoms with van der Waals surface area (Å²) in [6, 6.07) is 5.50. The summed E-state index contributed by atoms with van der Waals surface area (Å²) in [6.07, 6.45) is 2.78. The van der Waals surface area contributed by atoms with Gasteiger partial charge >= 0.3 is 0 Å². The van der Waals surface area contributed by atoms with Gasteiger partial charge in [0.25, 0.3) is 0 Å². The Morgan fingerprint density at radius 1 is 1.26 bits per heavy atom. The van der Waals surface area contributed by atoms with Gasteiger partial charge in [0.05, 0.1) is 13.2 Å². The molecular weight excluding hydrogens is 245 g/mol. The van der Waals surface area contributed by atoms with Crippen molar-refractivity contribution >= 4 is 0 Å². The fourth-order valence-electron chi connectivity index (χ4n) is 2.04. The lowest BCUT2D eigenvalue weighted by molar-refractivity contribution is 0.106. The third-order valence-electron chi connectivity index (χ3n) is 3.46. The molecule has 1 aromatic rings. The molecule has 0 saturated heterocycles. The number of hydrogen-bond acceptors (Lipinski definition) is 3. The average molecular weight is 269 g/mol. The van der Waals surface area contributed by atoms with E-state index in [1.807, 2.05) is 26.1 Å². The molecule has 1 N–H and O–H groups in total. The molecule has 0 amide bonds. The van der Waals surface area contributed by atoms with E-state index in [1.165, 1.54) is 7.11 Å². The highest BCUT2D eigenvalue weighted by molar-refractivity contribution is 5.31. The van der Waals surface area contributed by atoms with Crippen LogP contribution in [0.15, 0.2) is 18.2 Å². The van der Waals surface area contributed by atoms with E-state index in [1.54, 1.807) is 13.2 Å². The number of ether oxygens (including phenoxy) is 2. The van der Waals surface area contributed by atoms with Crippen LogP contribution in [-0.4, -0.2) is 33.4 Å². The molecule has 0 aromatic heterocycles. The van der Waals surface area contributed by atoms with E-state index in [-0.39, 0.29) is 18.0 Å². The zero-order chi connectivity index (χ0) is 14.3. The normalized spacial score (nSPS) is 14.2. The molecule has 0 aliphatic carbocycles. The maximum atomic E-state index is 14.1. The van der Waals surface area contributed by atoms with Crippen LogP contribution in [0.3, 0.4) is 0 Å². The van der Waals surface area contributed by atoms with Crippen LogP contribution in [0.25, 0.3) is 0 Å². The van der Waals surface area contributed by atoms with E-state index >= 15 is 0 Å². The number of methoxy groups -OCH3 is 2. The molecule has 0 aliphatic rings. The molecule has 0 bridgehead atoms. The zero-order valence-corrected chi connectivity index (χ0v) is 12.2. The zero-order valence-electron chi connectivity index (χ0n) is 12.2. The van der Waals surface area contributed by atoms with Crippen LogP contribution in [0, 0.1) is 5.82 Å². The first-order chi connectivity index (χ1) is 9.12. The maximum absolute atomic E-state index is 14.1. The van der Waals surface area contributed by atoms with E-state index < -0.39 is 0 Å². The number of halogens is 1. The molecule has 0 fully saturated rings. The quantitative estimate of drug-likeness (QED) is 0.787. The largest absolute Gasteiger partial charge is 0.494 e. The lowest BCUT2D eigenvalue weighted by Gasteiger charge is -2.19. The van der Waals surface area contributed by atoms with E-state index in [9.17, 15) is 4.39 Å². The number of nitrogens with one attached hydrogen (secondary N) is 1. The minimum Gasteiger partial charge on any atom is -0.494 e. The van der Waals surface area contributed by atoms with Crippen molar-refractivity contribution in [3.63, 3.8) is 0 Å². The molecular formula is C15H24FNO2. The number of rotatable bonds is 8. The summed E-state index contributed by atoms with van der Waals surface area (Å²) in [6.45, 7) is 2.04. The SMILES string of the molecule is CNC(CCC(C)OC)Cc1cccc(OC)c1F. The lowest BCUT2D eigenvalue weighted by atomic mass is 10.00. The van der Waals surface area contributed by atoms with Crippen LogP contribution in [0.5, 0.6) is 5.75 Å². The van der Waals surface area contributed by atoms with Gasteiger partial charge in [-0.25, -0.2) is 4.39 Å². The molecule has 0 heterocycles. The first kappa shape index (κ1) is 15.9. The Hall–Kier alpha value is -1.13. The standard InChI is InChI=1S/C15H24FNO2/c1-11(18-3)8-9-13(17-2)10-12-6-5-7-14(19-4)15(12)16/h5-7,11,13,17H,8-10H2,1-4H3. The Morgan fingerprint density at radius 3 is 2.58 bits per heavy atom. The Morgan fingerprint density at radius 2 is 2.00 bits per heavy atom. The van der Waals surface area contributed by atoms with Crippen LogP contribution in [0.1, 0.15) is 25.3 Å². The first-order valence-corrected chi connectivity index (χ1v) is 6.63. The van der Waals surface area contributed by atoms with Gasteiger partial charge in [0.15, 0.2) is 11.6 Å². The number of hydrogen-bond donors (Lipinski definition) is 1. The minimum absolute atomic E-state index is 0.228. The minimum atomic E-state index is -0.259. The van der Waals surface area contributed by atoms with Crippen molar-refractivity contribution in [1.29, 1.82) is 0 Å². The molecule has 0 radical (unpaired) electrons. The summed E-state index contributed by atoms with van der Waals surface area (Å²) in [5.41, 5.74) is 0.684. The Labute approximate surface area is 115 Å². The second-order valence-electron chi connectivity index (χ2n) is 4.75. The summed E-state index contributed by atoms with van der Waals surface area (Å²) in [7, 11) is 5.10. The number of likely N-dealkylation sites (N-methyl/N-ethyl adjacent to an activating group) is 1. The van der Waals surface area contributed by atoms with Gasteiger partial charge in [-0.15, -0.1) is 0 Å². The van der Waals surface area contributed by atoms with Crippen molar-refractivity contribution < 1.29 is 13.9 Å². The van der Waals surface area contributed by atoms with Crippen molar-refractivity contribution in [2.75, 3.05) is 21.3 Å². The van der Waals surface area contributed by atoms with Crippen molar-refractivity contribution in [1.82, 2.24) is 5.32 Å². The average Bonchev–Trinajstić information content (AvgIpc) is 2.44.